The van der Waals surface area contributed by atoms with Crippen molar-refractivity contribution < 1.29 is 13.3 Å². The predicted octanol–water partition coefficient (Wildman–Crippen LogP) is 0.546. The van der Waals surface area contributed by atoms with Gasteiger partial charge in [0.1, 0.15) is 6.33 Å². The molecule has 0 aliphatic rings. The van der Waals surface area contributed by atoms with Crippen LogP contribution in [0.2, 0.25) is 0 Å². The number of nitro benzene ring substituents is 1. The highest BCUT2D eigenvalue weighted by Crippen LogP contribution is 2.19. The molecule has 0 saturated carbocycles. The van der Waals surface area contributed by atoms with Crippen LogP contribution in [0, 0.1) is 10.1 Å². The molecule has 8 nitrogen and oxygen atoms in total. The maximum Gasteiger partial charge on any atom is 0.269 e. The third kappa shape index (κ3) is 1.99. The van der Waals surface area contributed by atoms with Crippen molar-refractivity contribution in [2.24, 2.45) is 0 Å². The molecule has 1 heterocycles. The van der Waals surface area contributed by atoms with Crippen molar-refractivity contribution in [3.05, 3.63) is 40.7 Å². The molecular formula is C8H6N4O4S. The van der Waals surface area contributed by atoms with Crippen LogP contribution in [0.15, 0.2) is 40.6 Å². The predicted molar refractivity (Wildman–Crippen MR) is 54.9 cm³/mol. The fraction of sp³-hybridized carbons (Fsp3) is 0. The molecule has 9 heteroatoms. The fourth-order valence-corrected chi connectivity index (χ4v) is 2.26. The highest BCUT2D eigenvalue weighted by molar-refractivity contribution is 7.91. The third-order valence-corrected chi connectivity index (χ3v) is 3.60. The number of hydrogen-bond acceptors (Lipinski definition) is 6. The Morgan fingerprint density at radius 2 is 1.88 bits per heavy atom. The number of aromatic amines is 1. The van der Waals surface area contributed by atoms with E-state index >= 15 is 0 Å². The van der Waals surface area contributed by atoms with E-state index in [1.54, 1.807) is 0 Å². The van der Waals surface area contributed by atoms with E-state index in [0.29, 0.717) is 0 Å². The molecule has 17 heavy (non-hydrogen) atoms. The Labute approximate surface area is 95.4 Å². The zero-order chi connectivity index (χ0) is 12.5. The topological polar surface area (TPSA) is 119 Å². The second kappa shape index (κ2) is 3.94. The summed E-state index contributed by atoms with van der Waals surface area (Å²) in [5.41, 5.74) is -0.179. The summed E-state index contributed by atoms with van der Waals surface area (Å²) in [7, 11) is -3.79. The second-order valence-corrected chi connectivity index (χ2v) is 4.91. The smallest absolute Gasteiger partial charge is 0.258 e. The summed E-state index contributed by atoms with van der Waals surface area (Å²) < 4.78 is 23.7. The molecule has 0 spiro atoms. The van der Waals surface area contributed by atoms with Gasteiger partial charge in [-0.15, -0.1) is 0 Å². The minimum absolute atomic E-state index is 0.0835. The van der Waals surface area contributed by atoms with Gasteiger partial charge < -0.3 is 0 Å². The van der Waals surface area contributed by atoms with Crippen LogP contribution in [0.5, 0.6) is 0 Å². The summed E-state index contributed by atoms with van der Waals surface area (Å²) in [4.78, 5) is 13.3. The van der Waals surface area contributed by atoms with E-state index < -0.39 is 14.8 Å². The van der Waals surface area contributed by atoms with Gasteiger partial charge in [0.05, 0.1) is 9.82 Å². The van der Waals surface area contributed by atoms with Crippen LogP contribution in [0.3, 0.4) is 0 Å². The summed E-state index contributed by atoms with van der Waals surface area (Å²) in [6.45, 7) is 0. The summed E-state index contributed by atoms with van der Waals surface area (Å²) >= 11 is 0. The van der Waals surface area contributed by atoms with Crippen molar-refractivity contribution >= 4 is 15.5 Å². The summed E-state index contributed by atoms with van der Waals surface area (Å²) in [5, 5.41) is 15.8. The van der Waals surface area contributed by atoms with E-state index in [-0.39, 0.29) is 15.7 Å². The molecule has 1 N–H and O–H groups in total. The minimum Gasteiger partial charge on any atom is -0.258 e. The maximum absolute atomic E-state index is 11.9. The Bertz CT molecular complexity index is 633. The molecule has 2 aromatic rings. The molecule has 1 aromatic heterocycles. The van der Waals surface area contributed by atoms with Gasteiger partial charge >= 0.3 is 0 Å². The van der Waals surface area contributed by atoms with E-state index in [1.807, 2.05) is 0 Å². The fourth-order valence-electron chi connectivity index (χ4n) is 1.18. The van der Waals surface area contributed by atoms with Gasteiger partial charge in [-0.1, -0.05) is 0 Å². The first kappa shape index (κ1) is 11.2. The Hall–Kier alpha value is -2.29. The largest absolute Gasteiger partial charge is 0.269 e. The lowest BCUT2D eigenvalue weighted by atomic mass is 10.3. The summed E-state index contributed by atoms with van der Waals surface area (Å²) in [5.74, 6) is 0. The van der Waals surface area contributed by atoms with Gasteiger partial charge in [0.25, 0.3) is 5.69 Å². The van der Waals surface area contributed by atoms with Gasteiger partial charge in [0.15, 0.2) is 0 Å². The van der Waals surface area contributed by atoms with Gasteiger partial charge in [0, 0.05) is 12.1 Å². The lowest BCUT2D eigenvalue weighted by Gasteiger charge is -1.99. The van der Waals surface area contributed by atoms with Crippen molar-refractivity contribution in [1.82, 2.24) is 15.2 Å². The molecule has 0 amide bonds. The monoisotopic (exact) mass is 254 g/mol. The van der Waals surface area contributed by atoms with E-state index in [4.69, 9.17) is 0 Å². The number of benzene rings is 1. The maximum atomic E-state index is 11.9. The molecule has 1 aromatic carbocycles. The normalized spacial score (nSPS) is 11.3. The van der Waals surface area contributed by atoms with Gasteiger partial charge in [-0.3, -0.25) is 10.1 Å². The summed E-state index contributed by atoms with van der Waals surface area (Å²) in [6, 6.07) is 4.53. The van der Waals surface area contributed by atoms with Gasteiger partial charge in [-0.05, 0) is 12.1 Å². The molecule has 2 rings (SSSR count). The zero-order valence-corrected chi connectivity index (χ0v) is 9.09. The van der Waals surface area contributed by atoms with Crippen molar-refractivity contribution in [3.8, 4) is 0 Å². The SMILES string of the molecule is O=[N+]([O-])c1ccc(S(=O)(=O)c2ncn[nH]2)cc1. The molecule has 0 radical (unpaired) electrons. The number of nitrogens with zero attached hydrogens (tertiary/aromatic N) is 3. The van der Waals surface area contributed by atoms with E-state index in [1.165, 1.54) is 0 Å². The number of sulfone groups is 1. The number of nitrogens with one attached hydrogen (secondary N) is 1. The minimum atomic E-state index is -3.79. The van der Waals surface area contributed by atoms with Gasteiger partial charge in [-0.25, -0.2) is 18.5 Å². The van der Waals surface area contributed by atoms with Crippen molar-refractivity contribution in [2.75, 3.05) is 0 Å². The van der Waals surface area contributed by atoms with Crippen LogP contribution in [0.4, 0.5) is 5.69 Å². The number of non-ortho nitro benzene ring substituents is 1. The highest BCUT2D eigenvalue weighted by Gasteiger charge is 2.21. The summed E-state index contributed by atoms with van der Waals surface area (Å²) in [6.07, 6.45) is 1.07. The third-order valence-electron chi connectivity index (χ3n) is 2.01. The molecule has 0 aliphatic carbocycles. The van der Waals surface area contributed by atoms with E-state index in [2.05, 4.69) is 15.2 Å². The Balaban J connectivity index is 2.45. The quantitative estimate of drug-likeness (QED) is 0.630. The van der Waals surface area contributed by atoms with Crippen LogP contribution >= 0.6 is 0 Å². The first-order valence-corrected chi connectivity index (χ1v) is 5.85. The average Bonchev–Trinajstić information content (AvgIpc) is 2.83. The second-order valence-electron chi connectivity index (χ2n) is 3.05. The van der Waals surface area contributed by atoms with Crippen LogP contribution in [-0.2, 0) is 9.84 Å². The standard InChI is InChI=1S/C8H6N4O4S/c13-12(14)6-1-3-7(4-2-6)17(15,16)8-9-5-10-11-8/h1-5H,(H,9,10,11). The number of nitro groups is 1. The Morgan fingerprint density at radius 1 is 1.24 bits per heavy atom. The number of hydrogen-bond donors (Lipinski definition) is 1. The number of rotatable bonds is 3. The van der Waals surface area contributed by atoms with Crippen molar-refractivity contribution in [3.63, 3.8) is 0 Å². The zero-order valence-electron chi connectivity index (χ0n) is 8.27. The highest BCUT2D eigenvalue weighted by atomic mass is 32.2. The van der Waals surface area contributed by atoms with Crippen LogP contribution in [0.1, 0.15) is 0 Å². The molecular weight excluding hydrogens is 248 g/mol. The number of aromatic nitrogens is 3. The molecule has 88 valence electrons. The van der Waals surface area contributed by atoms with Crippen molar-refractivity contribution in [1.29, 1.82) is 0 Å². The van der Waals surface area contributed by atoms with Crippen LogP contribution in [0.25, 0.3) is 0 Å². The lowest BCUT2D eigenvalue weighted by Crippen LogP contribution is -2.04. The molecule has 0 saturated heterocycles. The Kier molecular flexibility index (Phi) is 2.60. The first-order chi connectivity index (χ1) is 8.01. The van der Waals surface area contributed by atoms with Crippen LogP contribution < -0.4 is 0 Å². The molecule has 0 bridgehead atoms. The molecule has 0 fully saturated rings. The van der Waals surface area contributed by atoms with E-state index in [9.17, 15) is 18.5 Å². The van der Waals surface area contributed by atoms with E-state index in [0.717, 1.165) is 30.6 Å². The lowest BCUT2D eigenvalue weighted by molar-refractivity contribution is -0.384. The molecule has 0 aliphatic heterocycles. The van der Waals surface area contributed by atoms with Crippen molar-refractivity contribution in [2.45, 2.75) is 10.1 Å². The number of H-pyrrole nitrogens is 1. The molecule has 0 atom stereocenters. The van der Waals surface area contributed by atoms with Crippen LogP contribution in [-0.4, -0.2) is 28.5 Å². The molecule has 0 unspecified atom stereocenters. The average molecular weight is 254 g/mol. The Morgan fingerprint density at radius 3 is 2.35 bits per heavy atom. The van der Waals surface area contributed by atoms with Gasteiger partial charge in [0.2, 0.25) is 15.0 Å². The first-order valence-electron chi connectivity index (χ1n) is 4.37. The van der Waals surface area contributed by atoms with Gasteiger partial charge in [-0.2, -0.15) is 5.10 Å².